The molecule has 3 nitrogen and oxygen atoms in total. The monoisotopic (exact) mass is 285 g/mol. The molecule has 1 unspecified atom stereocenters. The quantitative estimate of drug-likeness (QED) is 0.623. The molecule has 0 aromatic heterocycles. The first kappa shape index (κ1) is 21.5. The van der Waals surface area contributed by atoms with Gasteiger partial charge in [-0.2, -0.15) is 0 Å². The number of allylic oxidation sites excluding steroid dienone is 1. The van der Waals surface area contributed by atoms with E-state index in [0.29, 0.717) is 5.41 Å². The van der Waals surface area contributed by atoms with E-state index in [4.69, 9.17) is 0 Å². The van der Waals surface area contributed by atoms with Crippen LogP contribution in [0.15, 0.2) is 12.2 Å². The highest BCUT2D eigenvalue weighted by molar-refractivity contribution is 5.72. The van der Waals surface area contributed by atoms with Crippen LogP contribution in [0, 0.1) is 5.41 Å². The molecule has 0 radical (unpaired) electrons. The Balaban J connectivity index is 0. The molecule has 1 amide bonds. The Morgan fingerprint density at radius 3 is 2.30 bits per heavy atom. The molecular weight excluding hydrogens is 248 g/mol. The predicted molar refractivity (Wildman–Crippen MR) is 89.7 cm³/mol. The number of rotatable bonds is 3. The molecule has 1 atom stereocenters. The maximum Gasteiger partial charge on any atom is 0.217 e. The van der Waals surface area contributed by atoms with Gasteiger partial charge in [-0.05, 0) is 11.5 Å². The Labute approximate surface area is 127 Å². The lowest BCUT2D eigenvalue weighted by atomic mass is 9.89. The van der Waals surface area contributed by atoms with Crippen molar-refractivity contribution in [2.24, 2.45) is 5.41 Å². The number of carbonyl (C=O) groups is 1. The number of nitrogens with one attached hydrogen (secondary N) is 1. The molecule has 1 N–H and O–H groups in total. The number of amides is 1. The summed E-state index contributed by atoms with van der Waals surface area (Å²) in [5.74, 6) is 0.0669. The Hall–Kier alpha value is -0.830. The minimum atomic E-state index is 0.0669. The molecular formula is C17H37N2O+. The van der Waals surface area contributed by atoms with Crippen LogP contribution in [0.25, 0.3) is 0 Å². The lowest BCUT2D eigenvalue weighted by molar-refractivity contribution is -0.903. The van der Waals surface area contributed by atoms with E-state index in [-0.39, 0.29) is 5.91 Å². The summed E-state index contributed by atoms with van der Waals surface area (Å²) in [4.78, 5) is 10.8. The molecule has 1 aliphatic heterocycles. The van der Waals surface area contributed by atoms with Crippen LogP contribution in [0.2, 0.25) is 0 Å². The fraction of sp³-hybridized carbons (Fsp3) is 0.824. The number of hydrogen-bond donors (Lipinski definition) is 1. The lowest BCUT2D eigenvalue weighted by Crippen LogP contribution is -2.49. The zero-order valence-corrected chi connectivity index (χ0v) is 15.0. The molecule has 0 bridgehead atoms. The smallest absolute Gasteiger partial charge is 0.217 e. The van der Waals surface area contributed by atoms with Crippen molar-refractivity contribution in [3.8, 4) is 0 Å². The number of carbonyl (C=O) groups excluding carboxylic acids is 1. The minimum Gasteiger partial charge on any atom is -0.351 e. The molecule has 0 aromatic carbocycles. The molecule has 0 aromatic rings. The number of hydrogen-bond acceptors (Lipinski definition) is 1. The fourth-order valence-electron chi connectivity index (χ4n) is 2.06. The summed E-state index contributed by atoms with van der Waals surface area (Å²) in [6, 6.07) is 0. The first-order chi connectivity index (χ1) is 9.33. The first-order valence-electron chi connectivity index (χ1n) is 8.09. The van der Waals surface area contributed by atoms with Gasteiger partial charge >= 0.3 is 0 Å². The van der Waals surface area contributed by atoms with Gasteiger partial charge in [-0.15, -0.1) is 0 Å². The highest BCUT2D eigenvalue weighted by Gasteiger charge is 2.27. The summed E-state index contributed by atoms with van der Waals surface area (Å²) in [5, 5.41) is 2.88. The third-order valence-electron chi connectivity index (χ3n) is 3.44. The highest BCUT2D eigenvalue weighted by atomic mass is 16.1. The van der Waals surface area contributed by atoms with E-state index < -0.39 is 0 Å². The second kappa shape index (κ2) is 10.9. The van der Waals surface area contributed by atoms with Gasteiger partial charge in [0.2, 0.25) is 5.91 Å². The number of likely N-dealkylation sites (N-methyl/N-ethyl adjacent to an activating group) is 1. The van der Waals surface area contributed by atoms with Crippen molar-refractivity contribution < 1.29 is 9.28 Å². The van der Waals surface area contributed by atoms with Crippen molar-refractivity contribution in [2.45, 2.75) is 54.9 Å². The Morgan fingerprint density at radius 2 is 1.80 bits per heavy atom. The minimum absolute atomic E-state index is 0.0669. The summed E-state index contributed by atoms with van der Waals surface area (Å²) in [5.41, 5.74) is 0.323. The fourth-order valence-corrected chi connectivity index (χ4v) is 2.06. The zero-order chi connectivity index (χ0) is 16.2. The van der Waals surface area contributed by atoms with E-state index in [2.05, 4.69) is 38.4 Å². The van der Waals surface area contributed by atoms with E-state index >= 15 is 0 Å². The number of nitrogens with zero attached hydrogens (tertiary/aromatic N) is 1. The van der Waals surface area contributed by atoms with Crippen LogP contribution in [0.1, 0.15) is 54.9 Å². The Morgan fingerprint density at radius 1 is 1.25 bits per heavy atom. The number of quaternary nitrogens is 1. The largest absolute Gasteiger partial charge is 0.351 e. The van der Waals surface area contributed by atoms with Crippen LogP contribution in [0.5, 0.6) is 0 Å². The molecule has 1 heterocycles. The molecule has 0 fully saturated rings. The molecule has 0 spiro atoms. The van der Waals surface area contributed by atoms with Gasteiger partial charge in [0.05, 0.1) is 33.2 Å². The topological polar surface area (TPSA) is 29.1 Å². The summed E-state index contributed by atoms with van der Waals surface area (Å²) in [6.45, 7) is 18.2. The van der Waals surface area contributed by atoms with Crippen LogP contribution in [0.3, 0.4) is 0 Å². The van der Waals surface area contributed by atoms with Gasteiger partial charge in [0.25, 0.3) is 0 Å². The zero-order valence-electron chi connectivity index (χ0n) is 15.0. The van der Waals surface area contributed by atoms with Gasteiger partial charge in [-0.3, -0.25) is 4.79 Å². The van der Waals surface area contributed by atoms with E-state index in [1.807, 2.05) is 27.7 Å². The molecule has 1 rings (SSSR count). The van der Waals surface area contributed by atoms with E-state index in [9.17, 15) is 4.79 Å². The van der Waals surface area contributed by atoms with Crippen molar-refractivity contribution in [1.29, 1.82) is 0 Å². The second-order valence-electron chi connectivity index (χ2n) is 5.87. The third-order valence-corrected chi connectivity index (χ3v) is 3.44. The van der Waals surface area contributed by atoms with Crippen LogP contribution in [-0.4, -0.2) is 43.6 Å². The lowest BCUT2D eigenvalue weighted by Gasteiger charge is -2.34. The standard InChI is InChI=1S/C13H24N2O.2C2H6/c1-12(16)14-8-11-15(4)9-5-6-13(2,3)7-10-15;2*1-2/h5-6H,7-11H2,1-4H3;2*1-2H3/p+1. The van der Waals surface area contributed by atoms with Crippen LogP contribution >= 0.6 is 0 Å². The van der Waals surface area contributed by atoms with Crippen molar-refractivity contribution in [3.63, 3.8) is 0 Å². The summed E-state index contributed by atoms with van der Waals surface area (Å²) < 4.78 is 1.03. The molecule has 120 valence electrons. The average molecular weight is 285 g/mol. The van der Waals surface area contributed by atoms with Crippen LogP contribution in [0.4, 0.5) is 0 Å². The first-order valence-corrected chi connectivity index (χ1v) is 8.09. The molecule has 1 aliphatic rings. The van der Waals surface area contributed by atoms with E-state index in [1.54, 1.807) is 6.92 Å². The maximum atomic E-state index is 10.8. The Bertz CT molecular complexity index is 285. The van der Waals surface area contributed by atoms with Crippen LogP contribution in [-0.2, 0) is 4.79 Å². The molecule has 0 aliphatic carbocycles. The van der Waals surface area contributed by atoms with Gasteiger partial charge < -0.3 is 9.80 Å². The summed E-state index contributed by atoms with van der Waals surface area (Å²) >= 11 is 0. The van der Waals surface area contributed by atoms with E-state index in [0.717, 1.165) is 24.1 Å². The van der Waals surface area contributed by atoms with Crippen molar-refractivity contribution in [1.82, 2.24) is 5.32 Å². The summed E-state index contributed by atoms with van der Waals surface area (Å²) in [6.07, 6.45) is 5.83. The van der Waals surface area contributed by atoms with Gasteiger partial charge in [0, 0.05) is 13.3 Å². The molecule has 0 saturated carbocycles. The molecule has 20 heavy (non-hydrogen) atoms. The van der Waals surface area contributed by atoms with Crippen molar-refractivity contribution >= 4 is 5.91 Å². The van der Waals surface area contributed by atoms with Gasteiger partial charge in [-0.25, -0.2) is 0 Å². The summed E-state index contributed by atoms with van der Waals surface area (Å²) in [7, 11) is 2.27. The molecule has 3 heteroatoms. The molecule has 0 saturated heterocycles. The predicted octanol–water partition coefficient (Wildman–Crippen LogP) is 3.61. The van der Waals surface area contributed by atoms with E-state index in [1.165, 1.54) is 13.0 Å². The van der Waals surface area contributed by atoms with Gasteiger partial charge in [-0.1, -0.05) is 47.6 Å². The maximum absolute atomic E-state index is 10.8. The Kier molecular flexibility index (Phi) is 11.7. The average Bonchev–Trinajstić information content (AvgIpc) is 2.53. The van der Waals surface area contributed by atoms with Gasteiger partial charge in [0.1, 0.15) is 0 Å². The van der Waals surface area contributed by atoms with Crippen LogP contribution < -0.4 is 5.32 Å². The normalized spacial score (nSPS) is 23.4. The second-order valence-corrected chi connectivity index (χ2v) is 5.87. The van der Waals surface area contributed by atoms with Crippen molar-refractivity contribution in [2.75, 3.05) is 33.2 Å². The highest BCUT2D eigenvalue weighted by Crippen LogP contribution is 2.26. The van der Waals surface area contributed by atoms with Crippen molar-refractivity contribution in [3.05, 3.63) is 12.2 Å². The van der Waals surface area contributed by atoms with Gasteiger partial charge in [0.15, 0.2) is 0 Å². The SMILES string of the molecule is CC.CC.CC(=O)NCC[N+]1(C)CC=CC(C)(C)CC1. The third kappa shape index (κ3) is 10.0.